The second kappa shape index (κ2) is 5.29. The molecule has 0 fully saturated rings. The maximum absolute atomic E-state index is 9.07. The molecule has 1 aliphatic rings. The van der Waals surface area contributed by atoms with Crippen molar-refractivity contribution in [3.05, 3.63) is 0 Å². The van der Waals surface area contributed by atoms with Gasteiger partial charge in [-0.2, -0.15) is 0 Å². The first-order chi connectivity index (χ1) is 6.76. The summed E-state index contributed by atoms with van der Waals surface area (Å²) in [5, 5.41) is 30.1. The maximum Gasteiger partial charge on any atom is 0.108 e. The molecule has 0 radical (unpaired) electrons. The van der Waals surface area contributed by atoms with Gasteiger partial charge in [0.2, 0.25) is 0 Å². The van der Waals surface area contributed by atoms with E-state index in [1.54, 1.807) is 0 Å². The molecule has 5 heteroatoms. The highest BCUT2D eigenvalue weighted by molar-refractivity contribution is 5.83. The quantitative estimate of drug-likeness (QED) is 0.465. The number of aliphatic imine (C=N–C) groups is 1. The number of nitrogens with one attached hydrogen (secondary N) is 1. The van der Waals surface area contributed by atoms with Crippen LogP contribution in [0.15, 0.2) is 4.99 Å². The van der Waals surface area contributed by atoms with E-state index in [0.29, 0.717) is 0 Å². The predicted molar refractivity (Wildman–Crippen MR) is 53.3 cm³/mol. The largest absolute Gasteiger partial charge is 0.394 e. The number of aliphatic hydroxyl groups excluding tert-OH is 3. The molecule has 5 nitrogen and oxygen atoms in total. The van der Waals surface area contributed by atoms with Gasteiger partial charge in [0.15, 0.2) is 0 Å². The van der Waals surface area contributed by atoms with Crippen LogP contribution in [0.25, 0.3) is 0 Å². The third-order valence-corrected chi connectivity index (χ3v) is 2.44. The molecule has 0 aliphatic carbocycles. The molecule has 1 heterocycles. The zero-order chi connectivity index (χ0) is 10.4. The fourth-order valence-electron chi connectivity index (χ4n) is 1.37. The van der Waals surface area contributed by atoms with Crippen LogP contribution in [0.3, 0.4) is 0 Å². The SMILES string of the molecule is OCC(CO)(CO)NC1=NCCCC1. The molecule has 0 saturated carbocycles. The highest BCUT2D eigenvalue weighted by Crippen LogP contribution is 2.08. The molecule has 0 spiro atoms. The van der Waals surface area contributed by atoms with E-state index in [-0.39, 0.29) is 19.8 Å². The molecule has 0 saturated heterocycles. The lowest BCUT2D eigenvalue weighted by atomic mass is 10.0. The Hall–Kier alpha value is -0.650. The minimum absolute atomic E-state index is 0.307. The molecule has 0 aromatic carbocycles. The van der Waals surface area contributed by atoms with Crippen molar-refractivity contribution in [1.82, 2.24) is 5.32 Å². The number of nitrogens with zero attached hydrogens (tertiary/aromatic N) is 1. The van der Waals surface area contributed by atoms with Crippen molar-refractivity contribution in [2.45, 2.75) is 24.8 Å². The molecule has 0 amide bonds. The standard InChI is InChI=1S/C9H18N2O3/c12-5-9(6-13,7-14)11-8-3-1-2-4-10-8/h12-14H,1-7H2,(H,10,11). The van der Waals surface area contributed by atoms with Crippen LogP contribution in [-0.2, 0) is 0 Å². The van der Waals surface area contributed by atoms with Crippen molar-refractivity contribution < 1.29 is 15.3 Å². The number of hydrogen-bond acceptors (Lipinski definition) is 5. The van der Waals surface area contributed by atoms with Gasteiger partial charge in [0, 0.05) is 13.0 Å². The summed E-state index contributed by atoms with van der Waals surface area (Å²) in [5.74, 6) is 0.772. The van der Waals surface area contributed by atoms with Crippen molar-refractivity contribution in [2.24, 2.45) is 4.99 Å². The van der Waals surface area contributed by atoms with E-state index < -0.39 is 5.54 Å². The number of amidine groups is 1. The van der Waals surface area contributed by atoms with E-state index in [2.05, 4.69) is 10.3 Å². The first-order valence-corrected chi connectivity index (χ1v) is 4.90. The minimum atomic E-state index is -1.03. The van der Waals surface area contributed by atoms with Crippen LogP contribution in [0.1, 0.15) is 19.3 Å². The number of aliphatic hydroxyl groups is 3. The topological polar surface area (TPSA) is 85.1 Å². The Morgan fingerprint density at radius 1 is 1.14 bits per heavy atom. The highest BCUT2D eigenvalue weighted by atomic mass is 16.3. The van der Waals surface area contributed by atoms with E-state index in [0.717, 1.165) is 31.6 Å². The van der Waals surface area contributed by atoms with Gasteiger partial charge in [-0.3, -0.25) is 4.99 Å². The van der Waals surface area contributed by atoms with E-state index in [9.17, 15) is 0 Å². The van der Waals surface area contributed by atoms with Gasteiger partial charge >= 0.3 is 0 Å². The summed E-state index contributed by atoms with van der Waals surface area (Å²) in [6.45, 7) is -0.141. The summed E-state index contributed by atoms with van der Waals surface area (Å²) in [5.41, 5.74) is -1.03. The normalized spacial score (nSPS) is 17.8. The first-order valence-electron chi connectivity index (χ1n) is 4.90. The van der Waals surface area contributed by atoms with Gasteiger partial charge < -0.3 is 20.6 Å². The van der Waals surface area contributed by atoms with E-state index >= 15 is 0 Å². The summed E-state index contributed by atoms with van der Waals surface area (Å²) in [6.07, 6.45) is 2.96. The molecule has 0 atom stereocenters. The zero-order valence-electron chi connectivity index (χ0n) is 8.24. The van der Waals surface area contributed by atoms with Gasteiger partial charge in [-0.1, -0.05) is 0 Å². The van der Waals surface area contributed by atoms with Crippen LogP contribution in [0.2, 0.25) is 0 Å². The van der Waals surface area contributed by atoms with Crippen LogP contribution >= 0.6 is 0 Å². The first kappa shape index (κ1) is 11.4. The van der Waals surface area contributed by atoms with E-state index in [1.165, 1.54) is 0 Å². The van der Waals surface area contributed by atoms with Crippen LogP contribution < -0.4 is 5.32 Å². The second-order valence-electron chi connectivity index (χ2n) is 3.67. The summed E-state index contributed by atoms with van der Waals surface area (Å²) in [4.78, 5) is 4.23. The summed E-state index contributed by atoms with van der Waals surface area (Å²) < 4.78 is 0. The van der Waals surface area contributed by atoms with Crippen molar-refractivity contribution in [3.63, 3.8) is 0 Å². The Bertz CT molecular complexity index is 194. The lowest BCUT2D eigenvalue weighted by Gasteiger charge is -2.31. The van der Waals surface area contributed by atoms with Crippen molar-refractivity contribution in [2.75, 3.05) is 26.4 Å². The summed E-state index contributed by atoms with van der Waals surface area (Å²) in [6, 6.07) is 0. The smallest absolute Gasteiger partial charge is 0.108 e. The van der Waals surface area contributed by atoms with Gasteiger partial charge in [-0.25, -0.2) is 0 Å². The molecular weight excluding hydrogens is 184 g/mol. The van der Waals surface area contributed by atoms with E-state index in [4.69, 9.17) is 15.3 Å². The molecule has 1 rings (SSSR count). The monoisotopic (exact) mass is 202 g/mol. The average Bonchev–Trinajstić information content (AvgIpc) is 2.28. The molecule has 0 unspecified atom stereocenters. The molecular formula is C9H18N2O3. The molecule has 1 aliphatic heterocycles. The molecule has 82 valence electrons. The Kier molecular flexibility index (Phi) is 4.31. The van der Waals surface area contributed by atoms with Crippen LogP contribution in [0, 0.1) is 0 Å². The summed E-state index contributed by atoms with van der Waals surface area (Å²) in [7, 11) is 0. The molecule has 14 heavy (non-hydrogen) atoms. The lowest BCUT2D eigenvalue weighted by molar-refractivity contribution is 0.0553. The fourth-order valence-corrected chi connectivity index (χ4v) is 1.37. The minimum Gasteiger partial charge on any atom is -0.394 e. The van der Waals surface area contributed by atoms with Gasteiger partial charge in [-0.15, -0.1) is 0 Å². The Balaban J connectivity index is 2.57. The highest BCUT2D eigenvalue weighted by Gasteiger charge is 2.29. The summed E-state index contributed by atoms with van der Waals surface area (Å²) >= 11 is 0. The molecule has 0 aromatic rings. The Morgan fingerprint density at radius 2 is 1.79 bits per heavy atom. The fraction of sp³-hybridized carbons (Fsp3) is 0.889. The number of rotatable bonds is 4. The van der Waals surface area contributed by atoms with Gasteiger partial charge in [-0.05, 0) is 12.8 Å². The molecule has 0 bridgehead atoms. The Morgan fingerprint density at radius 3 is 2.21 bits per heavy atom. The van der Waals surface area contributed by atoms with Crippen LogP contribution in [-0.4, -0.2) is 53.1 Å². The van der Waals surface area contributed by atoms with Crippen LogP contribution in [0.5, 0.6) is 0 Å². The second-order valence-corrected chi connectivity index (χ2v) is 3.67. The molecule has 4 N–H and O–H groups in total. The third kappa shape index (κ3) is 2.67. The van der Waals surface area contributed by atoms with Crippen LogP contribution in [0.4, 0.5) is 0 Å². The third-order valence-electron chi connectivity index (χ3n) is 2.44. The van der Waals surface area contributed by atoms with Crippen molar-refractivity contribution >= 4 is 5.84 Å². The lowest BCUT2D eigenvalue weighted by Crippen LogP contribution is -2.57. The average molecular weight is 202 g/mol. The van der Waals surface area contributed by atoms with Gasteiger partial charge in [0.25, 0.3) is 0 Å². The van der Waals surface area contributed by atoms with Crippen molar-refractivity contribution in [1.29, 1.82) is 0 Å². The zero-order valence-corrected chi connectivity index (χ0v) is 8.24. The predicted octanol–water partition coefficient (Wildman–Crippen LogP) is -1.13. The Labute approximate surface area is 83.5 Å². The van der Waals surface area contributed by atoms with E-state index in [1.807, 2.05) is 0 Å². The maximum atomic E-state index is 9.07. The van der Waals surface area contributed by atoms with Gasteiger partial charge in [0.05, 0.1) is 25.7 Å². The molecule has 0 aromatic heterocycles. The van der Waals surface area contributed by atoms with Crippen molar-refractivity contribution in [3.8, 4) is 0 Å². The van der Waals surface area contributed by atoms with Gasteiger partial charge in [0.1, 0.15) is 5.54 Å². The number of hydrogen-bond donors (Lipinski definition) is 4.